The Labute approximate surface area is 201 Å². The molecule has 2 aromatic carbocycles. The number of rotatable bonds is 9. The molecule has 0 aliphatic rings. The smallest absolute Gasteiger partial charge is 0.272 e. The summed E-state index contributed by atoms with van der Waals surface area (Å²) in [5, 5.41) is 15.6. The number of likely N-dealkylation sites (N-methyl/N-ethyl adjacent to an activating group) is 1. The number of hydrogen-bond acceptors (Lipinski definition) is 7. The van der Waals surface area contributed by atoms with Gasteiger partial charge in [0, 0.05) is 31.8 Å². The molecule has 0 aliphatic carbocycles. The van der Waals surface area contributed by atoms with Crippen molar-refractivity contribution in [1.82, 2.24) is 14.7 Å². The van der Waals surface area contributed by atoms with Crippen LogP contribution in [-0.2, 0) is 6.42 Å². The maximum Gasteiger partial charge on any atom is 0.272 e. The van der Waals surface area contributed by atoms with E-state index in [-0.39, 0.29) is 11.6 Å². The van der Waals surface area contributed by atoms with Gasteiger partial charge in [-0.3, -0.25) is 14.9 Å². The van der Waals surface area contributed by atoms with E-state index in [1.807, 2.05) is 18.2 Å². The van der Waals surface area contributed by atoms with Crippen molar-refractivity contribution in [3.8, 4) is 28.6 Å². The Morgan fingerprint density at radius 2 is 1.83 bits per heavy atom. The second-order valence-electron chi connectivity index (χ2n) is 7.74. The van der Waals surface area contributed by atoms with Crippen molar-refractivity contribution >= 4 is 11.6 Å². The number of ether oxygens (including phenoxy) is 2. The summed E-state index contributed by atoms with van der Waals surface area (Å²) < 4.78 is 17.6. The minimum absolute atomic E-state index is 0.0490. The molecule has 4 rings (SSSR count). The molecule has 2 heterocycles. The van der Waals surface area contributed by atoms with Gasteiger partial charge < -0.3 is 18.8 Å². The molecule has 4 aromatic rings. The standard InChI is InChI=1S/C25H24N4O6/c1-27(13-12-17-6-11-23(33-2)24(15-17)34-3)25(30)21-16-20(22-5-4-14-35-22)26-28(21)18-7-9-19(10-8-18)29(31)32/h4-11,14-16H,12-13H2,1-3H3. The van der Waals surface area contributed by atoms with Crippen LogP contribution in [0.5, 0.6) is 11.5 Å². The zero-order chi connectivity index (χ0) is 24.9. The molecule has 2 aromatic heterocycles. The van der Waals surface area contributed by atoms with Gasteiger partial charge in [-0.1, -0.05) is 6.07 Å². The van der Waals surface area contributed by atoms with E-state index in [0.29, 0.717) is 47.3 Å². The van der Waals surface area contributed by atoms with Crippen molar-refractivity contribution in [1.29, 1.82) is 0 Å². The lowest BCUT2D eigenvalue weighted by molar-refractivity contribution is -0.384. The number of aromatic nitrogens is 2. The Morgan fingerprint density at radius 1 is 1.09 bits per heavy atom. The third-order valence-corrected chi connectivity index (χ3v) is 5.54. The van der Waals surface area contributed by atoms with Crippen molar-refractivity contribution in [3.63, 3.8) is 0 Å². The first-order valence-electron chi connectivity index (χ1n) is 10.8. The van der Waals surface area contributed by atoms with Crippen LogP contribution in [0, 0.1) is 10.1 Å². The van der Waals surface area contributed by atoms with E-state index in [0.717, 1.165) is 5.56 Å². The normalized spacial score (nSPS) is 10.7. The zero-order valence-electron chi connectivity index (χ0n) is 19.5. The van der Waals surface area contributed by atoms with Gasteiger partial charge in [-0.05, 0) is 48.4 Å². The predicted molar refractivity (Wildman–Crippen MR) is 128 cm³/mol. The molecule has 35 heavy (non-hydrogen) atoms. The number of nitrogens with zero attached hydrogens (tertiary/aromatic N) is 4. The Balaban J connectivity index is 1.60. The van der Waals surface area contributed by atoms with Crippen LogP contribution in [0.3, 0.4) is 0 Å². The molecule has 0 fully saturated rings. The number of methoxy groups -OCH3 is 2. The summed E-state index contributed by atoms with van der Waals surface area (Å²) >= 11 is 0. The van der Waals surface area contributed by atoms with Gasteiger partial charge in [-0.15, -0.1) is 0 Å². The number of carbonyl (C=O) groups is 1. The summed E-state index contributed by atoms with van der Waals surface area (Å²) in [5.41, 5.74) is 2.24. The molecule has 0 unspecified atom stereocenters. The van der Waals surface area contributed by atoms with E-state index in [4.69, 9.17) is 13.9 Å². The van der Waals surface area contributed by atoms with Crippen LogP contribution >= 0.6 is 0 Å². The number of nitro benzene ring substituents is 1. The molecule has 0 bridgehead atoms. The first-order valence-corrected chi connectivity index (χ1v) is 10.8. The first kappa shape index (κ1) is 23.6. The van der Waals surface area contributed by atoms with Crippen molar-refractivity contribution in [2.45, 2.75) is 6.42 Å². The molecular weight excluding hydrogens is 452 g/mol. The topological polar surface area (TPSA) is 113 Å². The zero-order valence-corrected chi connectivity index (χ0v) is 19.5. The lowest BCUT2D eigenvalue weighted by atomic mass is 10.1. The second kappa shape index (κ2) is 10.1. The van der Waals surface area contributed by atoms with E-state index < -0.39 is 4.92 Å². The van der Waals surface area contributed by atoms with Crippen molar-refractivity contribution in [3.05, 3.63) is 88.3 Å². The molecule has 10 heteroatoms. The summed E-state index contributed by atoms with van der Waals surface area (Å²) in [6, 6.07) is 16.6. The quantitative estimate of drug-likeness (QED) is 0.260. The van der Waals surface area contributed by atoms with Gasteiger partial charge in [-0.25, -0.2) is 4.68 Å². The van der Waals surface area contributed by atoms with Gasteiger partial charge in [0.05, 0.1) is 31.1 Å². The van der Waals surface area contributed by atoms with Gasteiger partial charge >= 0.3 is 0 Å². The Morgan fingerprint density at radius 3 is 2.46 bits per heavy atom. The second-order valence-corrected chi connectivity index (χ2v) is 7.74. The highest BCUT2D eigenvalue weighted by Gasteiger charge is 2.22. The van der Waals surface area contributed by atoms with Gasteiger partial charge in [0.2, 0.25) is 0 Å². The summed E-state index contributed by atoms with van der Waals surface area (Å²) in [6.45, 7) is 0.440. The van der Waals surface area contributed by atoms with E-state index in [1.54, 1.807) is 56.5 Å². The van der Waals surface area contributed by atoms with Crippen LogP contribution in [0.1, 0.15) is 16.1 Å². The van der Waals surface area contributed by atoms with Crippen LogP contribution < -0.4 is 9.47 Å². The molecule has 0 aliphatic heterocycles. The number of amides is 1. The van der Waals surface area contributed by atoms with Crippen LogP contribution in [0.4, 0.5) is 5.69 Å². The van der Waals surface area contributed by atoms with Crippen molar-refractivity contribution in [2.24, 2.45) is 0 Å². The summed E-state index contributed by atoms with van der Waals surface area (Å²) in [7, 11) is 4.87. The third-order valence-electron chi connectivity index (χ3n) is 5.54. The highest BCUT2D eigenvalue weighted by Crippen LogP contribution is 2.28. The molecule has 0 N–H and O–H groups in total. The monoisotopic (exact) mass is 476 g/mol. The lowest BCUT2D eigenvalue weighted by Crippen LogP contribution is -2.30. The average molecular weight is 476 g/mol. The van der Waals surface area contributed by atoms with E-state index in [1.165, 1.54) is 23.1 Å². The average Bonchev–Trinajstić information content (AvgIpc) is 3.57. The molecule has 0 radical (unpaired) electrons. The highest BCUT2D eigenvalue weighted by molar-refractivity contribution is 5.94. The molecule has 0 spiro atoms. The van der Waals surface area contributed by atoms with Crippen LogP contribution in [0.15, 0.2) is 71.3 Å². The molecular formula is C25H24N4O6. The highest BCUT2D eigenvalue weighted by atomic mass is 16.6. The number of carbonyl (C=O) groups excluding carboxylic acids is 1. The minimum Gasteiger partial charge on any atom is -0.493 e. The maximum absolute atomic E-state index is 13.4. The summed E-state index contributed by atoms with van der Waals surface area (Å²) in [4.78, 5) is 25.6. The van der Waals surface area contributed by atoms with Gasteiger partial charge in [0.1, 0.15) is 11.4 Å². The molecule has 0 saturated carbocycles. The van der Waals surface area contributed by atoms with Crippen molar-refractivity contribution < 1.29 is 23.6 Å². The van der Waals surface area contributed by atoms with Gasteiger partial charge in [-0.2, -0.15) is 5.10 Å². The molecule has 1 amide bonds. The fraction of sp³-hybridized carbons (Fsp3) is 0.200. The van der Waals surface area contributed by atoms with Crippen LogP contribution in [-0.4, -0.2) is 53.3 Å². The number of furan rings is 1. The largest absolute Gasteiger partial charge is 0.493 e. The van der Waals surface area contributed by atoms with Gasteiger partial charge in [0.25, 0.3) is 11.6 Å². The number of benzene rings is 2. The Bertz CT molecular complexity index is 1330. The molecule has 0 saturated heterocycles. The third kappa shape index (κ3) is 5.01. The van der Waals surface area contributed by atoms with E-state index >= 15 is 0 Å². The van der Waals surface area contributed by atoms with Crippen LogP contribution in [0.25, 0.3) is 17.1 Å². The number of non-ortho nitro benzene ring substituents is 1. The van der Waals surface area contributed by atoms with E-state index in [2.05, 4.69) is 5.10 Å². The first-order chi connectivity index (χ1) is 16.9. The summed E-state index contributed by atoms with van der Waals surface area (Å²) in [6.07, 6.45) is 2.12. The predicted octanol–water partition coefficient (Wildman–Crippen LogP) is 4.37. The van der Waals surface area contributed by atoms with E-state index in [9.17, 15) is 14.9 Å². The van der Waals surface area contributed by atoms with Crippen molar-refractivity contribution in [2.75, 3.05) is 27.8 Å². The fourth-order valence-electron chi connectivity index (χ4n) is 3.62. The molecule has 180 valence electrons. The fourth-order valence-corrected chi connectivity index (χ4v) is 3.62. The minimum atomic E-state index is -0.477. The van der Waals surface area contributed by atoms with Gasteiger partial charge in [0.15, 0.2) is 17.3 Å². The summed E-state index contributed by atoms with van der Waals surface area (Å²) in [5.74, 6) is 1.51. The van der Waals surface area contributed by atoms with Crippen LogP contribution in [0.2, 0.25) is 0 Å². The SMILES string of the molecule is COc1ccc(CCN(C)C(=O)c2cc(-c3ccco3)nn2-c2ccc([N+](=O)[O-])cc2)cc1OC. The molecule has 0 atom stereocenters. The Hall–Kier alpha value is -4.60. The Kier molecular flexibility index (Phi) is 6.81. The lowest BCUT2D eigenvalue weighted by Gasteiger charge is -2.18. The number of nitro groups is 1. The number of hydrogen-bond donors (Lipinski definition) is 0. The maximum atomic E-state index is 13.4. The molecule has 10 nitrogen and oxygen atoms in total.